The van der Waals surface area contributed by atoms with Crippen molar-refractivity contribution in [3.8, 4) is 6.07 Å². The third-order valence-electron chi connectivity index (χ3n) is 3.88. The lowest BCUT2D eigenvalue weighted by Gasteiger charge is -2.22. The van der Waals surface area contributed by atoms with Gasteiger partial charge >= 0.3 is 0 Å². The van der Waals surface area contributed by atoms with Crippen molar-refractivity contribution < 1.29 is 5.11 Å². The lowest BCUT2D eigenvalue weighted by atomic mass is 10.0. The predicted molar refractivity (Wildman–Crippen MR) is 81.8 cm³/mol. The molecule has 3 nitrogen and oxygen atoms in total. The Labute approximate surface area is 128 Å². The van der Waals surface area contributed by atoms with Crippen molar-refractivity contribution in [1.82, 2.24) is 5.32 Å². The van der Waals surface area contributed by atoms with Gasteiger partial charge in [-0.3, -0.25) is 5.32 Å². The fourth-order valence-corrected chi connectivity index (χ4v) is 2.94. The van der Waals surface area contributed by atoms with Gasteiger partial charge in [0.25, 0.3) is 0 Å². The molecule has 4 heteroatoms. The molecule has 0 fully saturated rings. The molecule has 2 aromatic rings. The fraction of sp³-hybridized carbons (Fsp3) is 0.235. The number of benzene rings is 2. The zero-order valence-electron chi connectivity index (χ0n) is 11.3. The molecule has 0 saturated carbocycles. The molecule has 0 aromatic heterocycles. The predicted octanol–water partition coefficient (Wildman–Crippen LogP) is 3.15. The maximum atomic E-state index is 10.3. The molecular weight excluding hydrogens is 284 g/mol. The van der Waals surface area contributed by atoms with E-state index >= 15 is 0 Å². The quantitative estimate of drug-likeness (QED) is 0.915. The standard InChI is InChI=1S/C17H15ClN2O/c18-13-7-5-11(6-8-13)15(10-19)20-17-14-4-2-1-3-12(14)9-16(17)21/h1-8,15-17,20-21H,9H2/t15-,16-,17+/m1/s1. The van der Waals surface area contributed by atoms with Gasteiger partial charge in [-0.2, -0.15) is 5.26 Å². The molecule has 3 rings (SSSR count). The van der Waals surface area contributed by atoms with Crippen LogP contribution in [0.15, 0.2) is 48.5 Å². The number of nitriles is 1. The first-order chi connectivity index (χ1) is 10.2. The van der Waals surface area contributed by atoms with Crippen molar-refractivity contribution in [1.29, 1.82) is 5.26 Å². The summed E-state index contributed by atoms with van der Waals surface area (Å²) < 4.78 is 0. The highest BCUT2D eigenvalue weighted by Gasteiger charge is 2.32. The first-order valence-corrected chi connectivity index (χ1v) is 7.24. The van der Waals surface area contributed by atoms with Gasteiger partial charge in [0, 0.05) is 11.4 Å². The van der Waals surface area contributed by atoms with Crippen LogP contribution in [-0.4, -0.2) is 11.2 Å². The number of hydrogen-bond donors (Lipinski definition) is 2. The highest BCUT2D eigenvalue weighted by atomic mass is 35.5. The average Bonchev–Trinajstić information content (AvgIpc) is 2.81. The van der Waals surface area contributed by atoms with E-state index in [2.05, 4.69) is 11.4 Å². The topological polar surface area (TPSA) is 56.0 Å². The van der Waals surface area contributed by atoms with Crippen LogP contribution in [-0.2, 0) is 6.42 Å². The van der Waals surface area contributed by atoms with E-state index in [0.717, 1.165) is 16.7 Å². The zero-order chi connectivity index (χ0) is 14.8. The number of hydrogen-bond acceptors (Lipinski definition) is 3. The number of fused-ring (bicyclic) bond motifs is 1. The van der Waals surface area contributed by atoms with Crippen molar-refractivity contribution in [2.75, 3.05) is 0 Å². The van der Waals surface area contributed by atoms with Crippen LogP contribution in [0, 0.1) is 11.3 Å². The molecule has 0 saturated heterocycles. The highest BCUT2D eigenvalue weighted by molar-refractivity contribution is 6.30. The molecule has 0 heterocycles. The summed E-state index contributed by atoms with van der Waals surface area (Å²) in [7, 11) is 0. The van der Waals surface area contributed by atoms with Gasteiger partial charge < -0.3 is 5.11 Å². The van der Waals surface area contributed by atoms with Crippen molar-refractivity contribution in [3.05, 3.63) is 70.2 Å². The molecule has 1 aliphatic carbocycles. The van der Waals surface area contributed by atoms with Gasteiger partial charge in [0.2, 0.25) is 0 Å². The zero-order valence-corrected chi connectivity index (χ0v) is 12.1. The third-order valence-corrected chi connectivity index (χ3v) is 4.13. The smallest absolute Gasteiger partial charge is 0.121 e. The molecule has 0 aliphatic heterocycles. The first kappa shape index (κ1) is 14.1. The van der Waals surface area contributed by atoms with Gasteiger partial charge in [-0.1, -0.05) is 48.0 Å². The van der Waals surface area contributed by atoms with Gasteiger partial charge in [-0.15, -0.1) is 0 Å². The summed E-state index contributed by atoms with van der Waals surface area (Å²) in [6, 6.07) is 16.7. The maximum Gasteiger partial charge on any atom is 0.121 e. The van der Waals surface area contributed by atoms with Crippen molar-refractivity contribution in [2.45, 2.75) is 24.6 Å². The second-order valence-electron chi connectivity index (χ2n) is 5.23. The summed E-state index contributed by atoms with van der Waals surface area (Å²) in [5.74, 6) is 0. The molecule has 0 amide bonds. The Morgan fingerprint density at radius 1 is 1.19 bits per heavy atom. The molecule has 21 heavy (non-hydrogen) atoms. The second-order valence-corrected chi connectivity index (χ2v) is 5.66. The van der Waals surface area contributed by atoms with Crippen LogP contribution in [0.3, 0.4) is 0 Å². The Morgan fingerprint density at radius 3 is 2.62 bits per heavy atom. The number of nitrogens with zero attached hydrogens (tertiary/aromatic N) is 1. The molecule has 3 atom stereocenters. The van der Waals surface area contributed by atoms with Crippen LogP contribution in [0.2, 0.25) is 5.02 Å². The SMILES string of the molecule is N#C[C@@H](N[C@H]1c2ccccc2C[C@H]1O)c1ccc(Cl)cc1. The van der Waals surface area contributed by atoms with E-state index in [1.165, 1.54) is 0 Å². The highest BCUT2D eigenvalue weighted by Crippen LogP contribution is 2.33. The molecule has 0 radical (unpaired) electrons. The summed E-state index contributed by atoms with van der Waals surface area (Å²) in [6.07, 6.45) is 0.109. The minimum absolute atomic E-state index is 0.221. The molecule has 0 spiro atoms. The second kappa shape index (κ2) is 5.87. The van der Waals surface area contributed by atoms with E-state index in [0.29, 0.717) is 11.4 Å². The number of rotatable bonds is 3. The first-order valence-electron chi connectivity index (χ1n) is 6.86. The summed E-state index contributed by atoms with van der Waals surface area (Å²) in [5.41, 5.74) is 3.05. The van der Waals surface area contributed by atoms with Crippen LogP contribution in [0.1, 0.15) is 28.8 Å². The minimum atomic E-state index is -0.509. The Bertz CT molecular complexity index is 678. The van der Waals surface area contributed by atoms with Gasteiger partial charge in [0.05, 0.1) is 18.2 Å². The van der Waals surface area contributed by atoms with Gasteiger partial charge in [-0.05, 0) is 28.8 Å². The molecule has 1 aliphatic rings. The Hall–Kier alpha value is -1.86. The van der Waals surface area contributed by atoms with E-state index in [4.69, 9.17) is 11.6 Å². The monoisotopic (exact) mass is 298 g/mol. The Balaban J connectivity index is 1.85. The van der Waals surface area contributed by atoms with Crippen LogP contribution >= 0.6 is 11.6 Å². The lowest BCUT2D eigenvalue weighted by molar-refractivity contribution is 0.138. The normalized spacial score (nSPS) is 21.6. The van der Waals surface area contributed by atoms with E-state index in [1.807, 2.05) is 36.4 Å². The molecular formula is C17H15ClN2O. The van der Waals surface area contributed by atoms with Gasteiger partial charge in [0.1, 0.15) is 6.04 Å². The van der Waals surface area contributed by atoms with E-state index < -0.39 is 12.1 Å². The summed E-state index contributed by atoms with van der Waals surface area (Å²) >= 11 is 5.88. The summed E-state index contributed by atoms with van der Waals surface area (Å²) in [6.45, 7) is 0. The van der Waals surface area contributed by atoms with Crippen LogP contribution < -0.4 is 5.32 Å². The lowest BCUT2D eigenvalue weighted by Crippen LogP contribution is -2.31. The number of nitrogens with one attached hydrogen (secondary N) is 1. The molecule has 2 aromatic carbocycles. The Kier molecular flexibility index (Phi) is 3.94. The maximum absolute atomic E-state index is 10.3. The van der Waals surface area contributed by atoms with Crippen LogP contribution in [0.25, 0.3) is 0 Å². The molecule has 0 unspecified atom stereocenters. The van der Waals surface area contributed by atoms with Gasteiger partial charge in [-0.25, -0.2) is 0 Å². The number of aliphatic hydroxyl groups is 1. The summed E-state index contributed by atoms with van der Waals surface area (Å²) in [5, 5.41) is 23.6. The van der Waals surface area contributed by atoms with Crippen molar-refractivity contribution >= 4 is 11.6 Å². The van der Waals surface area contributed by atoms with Crippen molar-refractivity contribution in [3.63, 3.8) is 0 Å². The van der Waals surface area contributed by atoms with Gasteiger partial charge in [0.15, 0.2) is 0 Å². The van der Waals surface area contributed by atoms with E-state index in [9.17, 15) is 10.4 Å². The molecule has 106 valence electrons. The fourth-order valence-electron chi connectivity index (χ4n) is 2.82. The molecule has 2 N–H and O–H groups in total. The van der Waals surface area contributed by atoms with E-state index in [1.54, 1.807) is 12.1 Å². The van der Waals surface area contributed by atoms with Crippen molar-refractivity contribution in [2.24, 2.45) is 0 Å². The summed E-state index contributed by atoms with van der Waals surface area (Å²) in [4.78, 5) is 0. The third kappa shape index (κ3) is 2.79. The average molecular weight is 299 g/mol. The molecule has 0 bridgehead atoms. The van der Waals surface area contributed by atoms with E-state index in [-0.39, 0.29) is 6.04 Å². The number of halogens is 1. The minimum Gasteiger partial charge on any atom is -0.391 e. The van der Waals surface area contributed by atoms with Crippen LogP contribution in [0.5, 0.6) is 0 Å². The number of aliphatic hydroxyl groups excluding tert-OH is 1. The van der Waals surface area contributed by atoms with Crippen LogP contribution in [0.4, 0.5) is 0 Å². The Morgan fingerprint density at radius 2 is 1.90 bits per heavy atom. The largest absolute Gasteiger partial charge is 0.391 e.